The molecule has 1 aliphatic heterocycles. The molecular weight excluding hydrogens is 266 g/mol. The Hall–Kier alpha value is -1.32. The van der Waals surface area contributed by atoms with Crippen molar-refractivity contribution in [2.75, 3.05) is 6.54 Å². The molecule has 0 bridgehead atoms. The van der Waals surface area contributed by atoms with Gasteiger partial charge in [0.05, 0.1) is 0 Å². The molecule has 4 nitrogen and oxygen atoms in total. The molecule has 2 rings (SSSR count). The van der Waals surface area contributed by atoms with Gasteiger partial charge in [0.2, 0.25) is 5.91 Å². The third kappa shape index (κ3) is 4.58. The van der Waals surface area contributed by atoms with Crippen LogP contribution >= 0.6 is 0 Å². The number of esters is 1. The lowest BCUT2D eigenvalue weighted by atomic mass is 9.97. The first-order valence-electron chi connectivity index (χ1n) is 8.07. The largest absolute Gasteiger partial charge is 0.458 e. The normalized spacial score (nSPS) is 22.9. The van der Waals surface area contributed by atoms with Crippen molar-refractivity contribution in [3.05, 3.63) is 11.6 Å². The van der Waals surface area contributed by atoms with Crippen molar-refractivity contribution in [1.29, 1.82) is 0 Å². The summed E-state index contributed by atoms with van der Waals surface area (Å²) in [5.74, 6) is -0.178. The Balaban J connectivity index is 1.96. The second-order valence-electron chi connectivity index (χ2n) is 7.06. The minimum Gasteiger partial charge on any atom is -0.458 e. The summed E-state index contributed by atoms with van der Waals surface area (Å²) >= 11 is 0. The molecule has 21 heavy (non-hydrogen) atoms. The number of carbonyl (C=O) groups is 2. The number of allylic oxidation sites excluding steroid dienone is 1. The minimum atomic E-state index is -0.500. The second kappa shape index (κ2) is 6.63. The first-order valence-corrected chi connectivity index (χ1v) is 8.07. The summed E-state index contributed by atoms with van der Waals surface area (Å²) in [6.07, 6.45) is 8.78. The van der Waals surface area contributed by atoms with Crippen molar-refractivity contribution in [2.24, 2.45) is 0 Å². The molecule has 1 fully saturated rings. The fourth-order valence-electron chi connectivity index (χ4n) is 3.04. The number of ether oxygens (including phenoxy) is 1. The first-order chi connectivity index (χ1) is 9.87. The van der Waals surface area contributed by atoms with E-state index < -0.39 is 5.60 Å². The smallest absolute Gasteiger partial charge is 0.329 e. The highest BCUT2D eigenvalue weighted by Crippen LogP contribution is 2.25. The molecule has 1 atom stereocenters. The van der Waals surface area contributed by atoms with E-state index in [-0.39, 0.29) is 17.9 Å². The number of rotatable bonds is 3. The lowest BCUT2D eigenvalue weighted by molar-refractivity contribution is -0.163. The SMILES string of the molecule is CC(C)(C)OC(=O)[C@@H]1CCCN1C(=O)CC1=CCCCC1. The molecule has 1 saturated heterocycles. The average molecular weight is 293 g/mol. The van der Waals surface area contributed by atoms with E-state index in [1.54, 1.807) is 4.90 Å². The van der Waals surface area contributed by atoms with E-state index in [1.165, 1.54) is 18.4 Å². The minimum absolute atomic E-state index is 0.0801. The van der Waals surface area contributed by atoms with Gasteiger partial charge >= 0.3 is 5.97 Å². The molecule has 0 N–H and O–H groups in total. The van der Waals surface area contributed by atoms with Gasteiger partial charge < -0.3 is 9.64 Å². The van der Waals surface area contributed by atoms with Crippen molar-refractivity contribution < 1.29 is 14.3 Å². The van der Waals surface area contributed by atoms with Gasteiger partial charge in [0.15, 0.2) is 0 Å². The van der Waals surface area contributed by atoms with Crippen LogP contribution in [0.2, 0.25) is 0 Å². The first kappa shape index (κ1) is 16.1. The highest BCUT2D eigenvalue weighted by molar-refractivity contribution is 5.86. The van der Waals surface area contributed by atoms with Gasteiger partial charge in [-0.15, -0.1) is 0 Å². The van der Waals surface area contributed by atoms with Gasteiger partial charge in [-0.25, -0.2) is 4.79 Å². The van der Waals surface area contributed by atoms with Crippen LogP contribution in [0.15, 0.2) is 11.6 Å². The van der Waals surface area contributed by atoms with Gasteiger partial charge in [-0.3, -0.25) is 4.79 Å². The average Bonchev–Trinajstić information content (AvgIpc) is 2.87. The van der Waals surface area contributed by atoms with E-state index in [4.69, 9.17) is 4.74 Å². The highest BCUT2D eigenvalue weighted by Gasteiger charge is 2.36. The molecule has 0 aromatic heterocycles. The van der Waals surface area contributed by atoms with E-state index >= 15 is 0 Å². The van der Waals surface area contributed by atoms with E-state index in [2.05, 4.69) is 6.08 Å². The monoisotopic (exact) mass is 293 g/mol. The Labute approximate surface area is 127 Å². The molecule has 118 valence electrons. The summed E-state index contributed by atoms with van der Waals surface area (Å²) < 4.78 is 5.44. The van der Waals surface area contributed by atoms with E-state index in [1.807, 2.05) is 20.8 Å². The van der Waals surface area contributed by atoms with Gasteiger partial charge in [0.25, 0.3) is 0 Å². The molecule has 0 spiro atoms. The van der Waals surface area contributed by atoms with Crippen molar-refractivity contribution in [1.82, 2.24) is 4.90 Å². The number of carbonyl (C=O) groups excluding carboxylic acids is 2. The molecule has 0 aromatic carbocycles. The van der Waals surface area contributed by atoms with Crippen molar-refractivity contribution >= 4 is 11.9 Å². The lowest BCUT2D eigenvalue weighted by Crippen LogP contribution is -2.43. The highest BCUT2D eigenvalue weighted by atomic mass is 16.6. The van der Waals surface area contributed by atoms with Gasteiger partial charge in [0.1, 0.15) is 11.6 Å². The Bertz CT molecular complexity index is 434. The Kier molecular flexibility index (Phi) is 5.07. The van der Waals surface area contributed by atoms with Crippen LogP contribution in [0.25, 0.3) is 0 Å². The van der Waals surface area contributed by atoms with E-state index in [9.17, 15) is 9.59 Å². The van der Waals surface area contributed by atoms with Crippen LogP contribution in [0.5, 0.6) is 0 Å². The summed E-state index contributed by atoms with van der Waals surface area (Å²) in [6, 6.07) is -0.388. The van der Waals surface area contributed by atoms with Gasteiger partial charge in [-0.1, -0.05) is 11.6 Å². The summed E-state index contributed by atoms with van der Waals surface area (Å²) in [5, 5.41) is 0. The van der Waals surface area contributed by atoms with Crippen molar-refractivity contribution in [3.8, 4) is 0 Å². The number of likely N-dealkylation sites (tertiary alicyclic amines) is 1. The Morgan fingerprint density at radius 3 is 2.67 bits per heavy atom. The maximum absolute atomic E-state index is 12.5. The van der Waals surface area contributed by atoms with Crippen LogP contribution < -0.4 is 0 Å². The van der Waals surface area contributed by atoms with E-state index in [0.717, 1.165) is 25.7 Å². The summed E-state index contributed by atoms with van der Waals surface area (Å²) in [7, 11) is 0. The molecule has 4 heteroatoms. The Morgan fingerprint density at radius 1 is 1.29 bits per heavy atom. The summed E-state index contributed by atoms with van der Waals surface area (Å²) in [6.45, 7) is 6.26. The molecule has 0 aromatic rings. The predicted octanol–water partition coefficient (Wildman–Crippen LogP) is 3.21. The van der Waals surface area contributed by atoms with Gasteiger partial charge in [0, 0.05) is 13.0 Å². The lowest BCUT2D eigenvalue weighted by Gasteiger charge is -2.28. The van der Waals surface area contributed by atoms with Crippen LogP contribution in [0.3, 0.4) is 0 Å². The maximum atomic E-state index is 12.5. The zero-order valence-electron chi connectivity index (χ0n) is 13.5. The predicted molar refractivity (Wildman–Crippen MR) is 81.7 cm³/mol. The topological polar surface area (TPSA) is 46.6 Å². The fraction of sp³-hybridized carbons (Fsp3) is 0.765. The van der Waals surface area contributed by atoms with E-state index in [0.29, 0.717) is 13.0 Å². The Morgan fingerprint density at radius 2 is 2.05 bits per heavy atom. The molecule has 1 aliphatic carbocycles. The molecule has 1 heterocycles. The molecular formula is C17H27NO3. The second-order valence-corrected chi connectivity index (χ2v) is 7.06. The quantitative estimate of drug-likeness (QED) is 0.593. The number of hydrogen-bond acceptors (Lipinski definition) is 3. The zero-order chi connectivity index (χ0) is 15.5. The van der Waals surface area contributed by atoms with Gasteiger partial charge in [-0.05, 0) is 59.3 Å². The fourth-order valence-corrected chi connectivity index (χ4v) is 3.04. The van der Waals surface area contributed by atoms with Crippen LogP contribution in [-0.2, 0) is 14.3 Å². The van der Waals surface area contributed by atoms with Crippen LogP contribution in [-0.4, -0.2) is 35.0 Å². The third-order valence-corrected chi connectivity index (χ3v) is 4.02. The standard InChI is InChI=1S/C17H27NO3/c1-17(2,3)21-16(20)14-10-7-11-18(14)15(19)12-13-8-5-4-6-9-13/h8,14H,4-7,9-12H2,1-3H3/t14-/m0/s1. The molecule has 0 unspecified atom stereocenters. The molecule has 2 aliphatic rings. The maximum Gasteiger partial charge on any atom is 0.329 e. The van der Waals surface area contributed by atoms with Crippen LogP contribution in [0.1, 0.15) is 65.7 Å². The number of nitrogens with zero attached hydrogens (tertiary/aromatic N) is 1. The van der Waals surface area contributed by atoms with Crippen LogP contribution in [0.4, 0.5) is 0 Å². The number of hydrogen-bond donors (Lipinski definition) is 0. The summed E-state index contributed by atoms with van der Waals surface area (Å²) in [4.78, 5) is 26.4. The summed E-state index contributed by atoms with van der Waals surface area (Å²) in [5.41, 5.74) is 0.737. The number of amides is 1. The van der Waals surface area contributed by atoms with Crippen LogP contribution in [0, 0.1) is 0 Å². The zero-order valence-corrected chi connectivity index (χ0v) is 13.5. The third-order valence-electron chi connectivity index (χ3n) is 4.02. The molecule has 1 amide bonds. The molecule has 0 radical (unpaired) electrons. The van der Waals surface area contributed by atoms with Gasteiger partial charge in [-0.2, -0.15) is 0 Å². The van der Waals surface area contributed by atoms with Crippen molar-refractivity contribution in [2.45, 2.75) is 77.4 Å². The molecule has 0 saturated carbocycles. The van der Waals surface area contributed by atoms with Crippen molar-refractivity contribution in [3.63, 3.8) is 0 Å².